The van der Waals surface area contributed by atoms with Gasteiger partial charge >= 0.3 is 0 Å². The standard InChI is InChI=1S/C15H21NO/c1-11-4-5-12-6-7-15(14(12)9-11)16-10-13-3-2-8-17-13/h4-5,9,13,15-16H,2-3,6-8,10H2,1H3. The van der Waals surface area contributed by atoms with E-state index in [1.54, 1.807) is 0 Å². The lowest BCUT2D eigenvalue weighted by atomic mass is 10.0. The average molecular weight is 231 g/mol. The summed E-state index contributed by atoms with van der Waals surface area (Å²) in [5.41, 5.74) is 4.41. The van der Waals surface area contributed by atoms with Gasteiger partial charge < -0.3 is 10.1 Å². The van der Waals surface area contributed by atoms with Crippen molar-refractivity contribution < 1.29 is 4.74 Å². The van der Waals surface area contributed by atoms with Crippen molar-refractivity contribution in [2.24, 2.45) is 0 Å². The largest absolute Gasteiger partial charge is 0.377 e. The van der Waals surface area contributed by atoms with E-state index in [0.717, 1.165) is 13.2 Å². The lowest BCUT2D eigenvalue weighted by Crippen LogP contribution is -2.29. The summed E-state index contributed by atoms with van der Waals surface area (Å²) in [5.74, 6) is 0. The van der Waals surface area contributed by atoms with Gasteiger partial charge in [-0.25, -0.2) is 0 Å². The molecule has 0 bridgehead atoms. The van der Waals surface area contributed by atoms with Gasteiger partial charge in [-0.1, -0.05) is 23.8 Å². The molecule has 2 atom stereocenters. The summed E-state index contributed by atoms with van der Waals surface area (Å²) < 4.78 is 5.66. The molecule has 1 heterocycles. The highest BCUT2D eigenvalue weighted by Gasteiger charge is 2.23. The fraction of sp³-hybridized carbons (Fsp3) is 0.600. The SMILES string of the molecule is Cc1ccc2c(c1)C(NCC1CCCO1)CC2. The van der Waals surface area contributed by atoms with Gasteiger partial charge in [0.05, 0.1) is 6.10 Å². The summed E-state index contributed by atoms with van der Waals surface area (Å²) in [4.78, 5) is 0. The van der Waals surface area contributed by atoms with Crippen LogP contribution in [0.1, 0.15) is 42.0 Å². The molecule has 1 aliphatic heterocycles. The van der Waals surface area contributed by atoms with Crippen LogP contribution in [0.4, 0.5) is 0 Å². The summed E-state index contributed by atoms with van der Waals surface area (Å²) >= 11 is 0. The first-order valence-corrected chi connectivity index (χ1v) is 6.77. The molecule has 1 aromatic rings. The Morgan fingerprint density at radius 1 is 1.35 bits per heavy atom. The Hall–Kier alpha value is -0.860. The highest BCUT2D eigenvalue weighted by molar-refractivity contribution is 5.37. The molecule has 1 aliphatic carbocycles. The third-order valence-electron chi connectivity index (χ3n) is 4.00. The molecule has 3 rings (SSSR count). The van der Waals surface area contributed by atoms with Crippen molar-refractivity contribution in [2.45, 2.75) is 44.8 Å². The quantitative estimate of drug-likeness (QED) is 0.863. The van der Waals surface area contributed by atoms with E-state index in [9.17, 15) is 0 Å². The van der Waals surface area contributed by atoms with Crippen LogP contribution >= 0.6 is 0 Å². The molecule has 0 spiro atoms. The summed E-state index contributed by atoms with van der Waals surface area (Å²) in [6.45, 7) is 4.14. The van der Waals surface area contributed by atoms with Crippen LogP contribution in [0.15, 0.2) is 18.2 Å². The predicted molar refractivity (Wildman–Crippen MR) is 69.2 cm³/mol. The molecule has 92 valence electrons. The molecule has 1 saturated heterocycles. The molecule has 1 aromatic carbocycles. The van der Waals surface area contributed by atoms with Gasteiger partial charge in [0.15, 0.2) is 0 Å². The molecule has 0 amide bonds. The highest BCUT2D eigenvalue weighted by atomic mass is 16.5. The molecule has 17 heavy (non-hydrogen) atoms. The number of hydrogen-bond donors (Lipinski definition) is 1. The van der Waals surface area contributed by atoms with Crippen molar-refractivity contribution in [3.8, 4) is 0 Å². The van der Waals surface area contributed by atoms with E-state index in [1.165, 1.54) is 42.4 Å². The van der Waals surface area contributed by atoms with Gasteiger partial charge in [-0.3, -0.25) is 0 Å². The van der Waals surface area contributed by atoms with Crippen LogP contribution in [0.5, 0.6) is 0 Å². The van der Waals surface area contributed by atoms with Gasteiger partial charge in [0.1, 0.15) is 0 Å². The number of nitrogens with one attached hydrogen (secondary N) is 1. The van der Waals surface area contributed by atoms with E-state index in [-0.39, 0.29) is 0 Å². The summed E-state index contributed by atoms with van der Waals surface area (Å²) in [5, 5.41) is 3.68. The number of rotatable bonds is 3. The fourth-order valence-electron chi connectivity index (χ4n) is 3.01. The van der Waals surface area contributed by atoms with Crippen LogP contribution in [0, 0.1) is 6.92 Å². The lowest BCUT2D eigenvalue weighted by molar-refractivity contribution is 0.107. The van der Waals surface area contributed by atoms with Gasteiger partial charge in [0.2, 0.25) is 0 Å². The first-order valence-electron chi connectivity index (χ1n) is 6.77. The van der Waals surface area contributed by atoms with Crippen LogP contribution in [0.3, 0.4) is 0 Å². The fourth-order valence-corrected chi connectivity index (χ4v) is 3.01. The molecule has 0 aromatic heterocycles. The molecule has 1 fully saturated rings. The Bertz CT molecular complexity index is 396. The number of fused-ring (bicyclic) bond motifs is 1. The van der Waals surface area contributed by atoms with Gasteiger partial charge in [-0.2, -0.15) is 0 Å². The molecule has 0 saturated carbocycles. The minimum atomic E-state index is 0.448. The van der Waals surface area contributed by atoms with Crippen molar-refractivity contribution in [3.63, 3.8) is 0 Å². The van der Waals surface area contributed by atoms with Gasteiger partial charge in [-0.05, 0) is 43.7 Å². The third-order valence-corrected chi connectivity index (χ3v) is 4.00. The van der Waals surface area contributed by atoms with E-state index in [4.69, 9.17) is 4.74 Å². The van der Waals surface area contributed by atoms with Crippen LogP contribution < -0.4 is 5.32 Å². The van der Waals surface area contributed by atoms with Crippen molar-refractivity contribution in [3.05, 3.63) is 34.9 Å². The maximum Gasteiger partial charge on any atom is 0.0700 e. The molecule has 1 N–H and O–H groups in total. The summed E-state index contributed by atoms with van der Waals surface area (Å²) in [7, 11) is 0. The number of benzene rings is 1. The number of aryl methyl sites for hydroxylation is 2. The Morgan fingerprint density at radius 2 is 2.29 bits per heavy atom. The maximum absolute atomic E-state index is 5.66. The van der Waals surface area contributed by atoms with Crippen molar-refractivity contribution in [1.29, 1.82) is 0 Å². The van der Waals surface area contributed by atoms with E-state index < -0.39 is 0 Å². The monoisotopic (exact) mass is 231 g/mol. The van der Waals surface area contributed by atoms with Crippen molar-refractivity contribution >= 4 is 0 Å². The van der Waals surface area contributed by atoms with Gasteiger partial charge in [-0.15, -0.1) is 0 Å². The Balaban J connectivity index is 1.64. The van der Waals surface area contributed by atoms with E-state index in [2.05, 4.69) is 30.4 Å². The van der Waals surface area contributed by atoms with Crippen LogP contribution in [-0.2, 0) is 11.2 Å². The Labute approximate surface area is 103 Å². The zero-order valence-electron chi connectivity index (χ0n) is 10.5. The highest BCUT2D eigenvalue weighted by Crippen LogP contribution is 2.31. The maximum atomic E-state index is 5.66. The third kappa shape index (κ3) is 2.38. The Kier molecular flexibility index (Phi) is 3.17. The molecule has 2 unspecified atom stereocenters. The number of ether oxygens (including phenoxy) is 1. The molecular formula is C15H21NO. The zero-order valence-corrected chi connectivity index (χ0v) is 10.5. The predicted octanol–water partition coefficient (Wildman–Crippen LogP) is 2.75. The van der Waals surface area contributed by atoms with E-state index in [0.29, 0.717) is 12.1 Å². The normalized spacial score (nSPS) is 27.4. The summed E-state index contributed by atoms with van der Waals surface area (Å²) in [6, 6.07) is 7.41. The molecule has 0 radical (unpaired) electrons. The van der Waals surface area contributed by atoms with Crippen molar-refractivity contribution in [2.75, 3.05) is 13.2 Å². The molecular weight excluding hydrogens is 210 g/mol. The van der Waals surface area contributed by atoms with Gasteiger partial charge in [0, 0.05) is 19.2 Å². The Morgan fingerprint density at radius 3 is 3.12 bits per heavy atom. The van der Waals surface area contributed by atoms with E-state index >= 15 is 0 Å². The molecule has 2 heteroatoms. The minimum Gasteiger partial charge on any atom is -0.377 e. The second-order valence-corrected chi connectivity index (χ2v) is 5.34. The first kappa shape index (κ1) is 11.2. The second kappa shape index (κ2) is 4.79. The first-order chi connectivity index (χ1) is 8.33. The average Bonchev–Trinajstić information content (AvgIpc) is 2.94. The molecule has 2 aliphatic rings. The van der Waals surface area contributed by atoms with Crippen LogP contribution in [0.2, 0.25) is 0 Å². The van der Waals surface area contributed by atoms with E-state index in [1.807, 2.05) is 0 Å². The van der Waals surface area contributed by atoms with Crippen LogP contribution in [-0.4, -0.2) is 19.3 Å². The molecule has 2 nitrogen and oxygen atoms in total. The van der Waals surface area contributed by atoms with Crippen molar-refractivity contribution in [1.82, 2.24) is 5.32 Å². The summed E-state index contributed by atoms with van der Waals surface area (Å²) in [6.07, 6.45) is 5.36. The number of hydrogen-bond acceptors (Lipinski definition) is 2. The second-order valence-electron chi connectivity index (χ2n) is 5.34. The minimum absolute atomic E-state index is 0.448. The van der Waals surface area contributed by atoms with Crippen LogP contribution in [0.25, 0.3) is 0 Å². The topological polar surface area (TPSA) is 21.3 Å². The zero-order chi connectivity index (χ0) is 11.7. The van der Waals surface area contributed by atoms with Gasteiger partial charge in [0.25, 0.3) is 0 Å². The lowest BCUT2D eigenvalue weighted by Gasteiger charge is -2.17. The smallest absolute Gasteiger partial charge is 0.0700 e.